The van der Waals surface area contributed by atoms with Crippen molar-refractivity contribution >= 4 is 12.6 Å². The van der Waals surface area contributed by atoms with Gasteiger partial charge < -0.3 is 9.31 Å². The Labute approximate surface area is 191 Å². The van der Waals surface area contributed by atoms with E-state index >= 15 is 0 Å². The average Bonchev–Trinajstić information content (AvgIpc) is 2.95. The van der Waals surface area contributed by atoms with Crippen molar-refractivity contribution in [3.05, 3.63) is 72.2 Å². The predicted molar refractivity (Wildman–Crippen MR) is 129 cm³/mol. The number of rotatable bonds is 3. The third kappa shape index (κ3) is 4.37. The van der Waals surface area contributed by atoms with Gasteiger partial charge in [-0.3, -0.25) is 4.98 Å². The molecule has 0 aliphatic carbocycles. The Hall–Kier alpha value is -2.50. The molecule has 2 heterocycles. The lowest BCUT2D eigenvalue weighted by Crippen LogP contribution is -2.41. The van der Waals surface area contributed by atoms with Crippen molar-refractivity contribution < 1.29 is 13.7 Å². The van der Waals surface area contributed by atoms with Gasteiger partial charge in [-0.1, -0.05) is 45.0 Å². The molecule has 0 bridgehead atoms. The highest BCUT2D eigenvalue weighted by molar-refractivity contribution is 6.62. The highest BCUT2D eigenvalue weighted by Crippen LogP contribution is 2.37. The predicted octanol–water partition coefficient (Wildman–Crippen LogP) is 6.15. The molecule has 0 unspecified atom stereocenters. The largest absolute Gasteiger partial charge is 0.494 e. The van der Waals surface area contributed by atoms with Crippen LogP contribution in [0, 0.1) is 5.82 Å². The molecule has 0 radical (unpaired) electrons. The summed E-state index contributed by atoms with van der Waals surface area (Å²) in [5.41, 5.74) is 5.12. The lowest BCUT2D eigenvalue weighted by atomic mass is 9.74. The Bertz CT molecular complexity index is 1120. The van der Waals surface area contributed by atoms with Gasteiger partial charge in [0.1, 0.15) is 5.82 Å². The molecular weight excluding hydrogens is 400 g/mol. The Morgan fingerprint density at radius 3 is 2.00 bits per heavy atom. The molecule has 1 aliphatic heterocycles. The quantitative estimate of drug-likeness (QED) is 0.466. The van der Waals surface area contributed by atoms with Crippen molar-refractivity contribution in [2.24, 2.45) is 0 Å². The van der Waals surface area contributed by atoms with Gasteiger partial charge in [0, 0.05) is 11.8 Å². The highest BCUT2D eigenvalue weighted by Gasteiger charge is 2.51. The first-order chi connectivity index (χ1) is 14.9. The molecule has 1 saturated heterocycles. The molecule has 166 valence electrons. The second kappa shape index (κ2) is 7.82. The summed E-state index contributed by atoms with van der Waals surface area (Å²) < 4.78 is 26.0. The monoisotopic (exact) mass is 431 g/mol. The molecule has 3 aromatic rings. The zero-order chi connectivity index (χ0) is 23.3. The molecular formula is C27H31BFNO2. The maximum absolute atomic E-state index is 13.4. The minimum Gasteiger partial charge on any atom is -0.399 e. The number of hydrogen-bond acceptors (Lipinski definition) is 3. The van der Waals surface area contributed by atoms with Gasteiger partial charge in [-0.15, -0.1) is 0 Å². The van der Waals surface area contributed by atoms with Crippen LogP contribution in [0.3, 0.4) is 0 Å². The Kier molecular flexibility index (Phi) is 5.55. The van der Waals surface area contributed by atoms with Crippen LogP contribution in [0.1, 0.15) is 54.0 Å². The molecule has 0 atom stereocenters. The fourth-order valence-electron chi connectivity index (χ4n) is 3.76. The molecule has 0 N–H and O–H groups in total. The summed E-state index contributed by atoms with van der Waals surface area (Å²) in [5.74, 6) is -0.243. The second-order valence-corrected chi connectivity index (χ2v) is 10.6. The fraction of sp³-hybridized carbons (Fsp3) is 0.370. The van der Waals surface area contributed by atoms with Crippen LogP contribution in [0.4, 0.5) is 4.39 Å². The Morgan fingerprint density at radius 1 is 0.781 bits per heavy atom. The molecule has 2 aromatic carbocycles. The maximum atomic E-state index is 13.4. The van der Waals surface area contributed by atoms with Crippen molar-refractivity contribution in [3.63, 3.8) is 0 Å². The third-order valence-corrected chi connectivity index (χ3v) is 6.58. The first kappa shape index (κ1) is 22.7. The molecule has 5 heteroatoms. The van der Waals surface area contributed by atoms with Crippen LogP contribution in [-0.4, -0.2) is 23.3 Å². The molecule has 32 heavy (non-hydrogen) atoms. The van der Waals surface area contributed by atoms with Gasteiger partial charge in [0.2, 0.25) is 0 Å². The first-order valence-electron chi connectivity index (χ1n) is 11.1. The van der Waals surface area contributed by atoms with Crippen molar-refractivity contribution in [1.29, 1.82) is 0 Å². The molecule has 1 fully saturated rings. The van der Waals surface area contributed by atoms with Gasteiger partial charge in [-0.05, 0) is 85.6 Å². The van der Waals surface area contributed by atoms with Crippen LogP contribution in [0.15, 0.2) is 60.8 Å². The number of pyridine rings is 1. The van der Waals surface area contributed by atoms with E-state index in [-0.39, 0.29) is 11.2 Å². The van der Waals surface area contributed by atoms with E-state index in [1.165, 1.54) is 17.7 Å². The first-order valence-corrected chi connectivity index (χ1v) is 11.1. The van der Waals surface area contributed by atoms with Gasteiger partial charge in [-0.2, -0.15) is 0 Å². The minimum atomic E-state index is -0.443. The van der Waals surface area contributed by atoms with E-state index in [0.717, 1.165) is 27.8 Å². The number of nitrogens with zero attached hydrogens (tertiary/aromatic N) is 1. The highest BCUT2D eigenvalue weighted by atomic mass is 19.1. The summed E-state index contributed by atoms with van der Waals surface area (Å²) in [6.45, 7) is 14.8. The zero-order valence-electron chi connectivity index (χ0n) is 20.0. The van der Waals surface area contributed by atoms with Gasteiger partial charge in [-0.25, -0.2) is 4.39 Å². The van der Waals surface area contributed by atoms with E-state index in [9.17, 15) is 4.39 Å². The third-order valence-electron chi connectivity index (χ3n) is 6.58. The zero-order valence-corrected chi connectivity index (χ0v) is 20.0. The Balaban J connectivity index is 1.79. The summed E-state index contributed by atoms with van der Waals surface area (Å²) in [7, 11) is -0.443. The second-order valence-electron chi connectivity index (χ2n) is 10.6. The topological polar surface area (TPSA) is 31.4 Å². The Morgan fingerprint density at radius 2 is 1.41 bits per heavy atom. The van der Waals surface area contributed by atoms with Crippen LogP contribution in [-0.2, 0) is 14.7 Å². The molecule has 4 rings (SSSR count). The van der Waals surface area contributed by atoms with Crippen LogP contribution in [0.25, 0.3) is 22.4 Å². The summed E-state index contributed by atoms with van der Waals surface area (Å²) >= 11 is 0. The lowest BCUT2D eigenvalue weighted by Gasteiger charge is -2.32. The summed E-state index contributed by atoms with van der Waals surface area (Å²) in [6, 6.07) is 17.0. The summed E-state index contributed by atoms with van der Waals surface area (Å²) in [6.07, 6.45) is 1.80. The summed E-state index contributed by atoms with van der Waals surface area (Å²) in [4.78, 5) is 4.65. The SMILES string of the molecule is CC(C)(C)c1cc(B2OC(C)(C)C(C)(C)O2)cc(-c2cc(-c3ccc(F)cc3)ccn2)c1. The van der Waals surface area contributed by atoms with Gasteiger partial charge >= 0.3 is 7.12 Å². The molecule has 0 spiro atoms. The van der Waals surface area contributed by atoms with E-state index < -0.39 is 18.3 Å². The van der Waals surface area contributed by atoms with E-state index in [0.29, 0.717) is 0 Å². The molecule has 0 saturated carbocycles. The number of aromatic nitrogens is 1. The number of halogens is 1. The van der Waals surface area contributed by atoms with E-state index in [1.54, 1.807) is 18.3 Å². The fourth-order valence-corrected chi connectivity index (χ4v) is 3.76. The van der Waals surface area contributed by atoms with Gasteiger partial charge in [0.15, 0.2) is 0 Å². The van der Waals surface area contributed by atoms with E-state index in [1.807, 2.05) is 12.1 Å². The average molecular weight is 431 g/mol. The maximum Gasteiger partial charge on any atom is 0.494 e. The van der Waals surface area contributed by atoms with Crippen molar-refractivity contribution in [3.8, 4) is 22.4 Å². The van der Waals surface area contributed by atoms with Crippen LogP contribution in [0.2, 0.25) is 0 Å². The van der Waals surface area contributed by atoms with Gasteiger partial charge in [0.05, 0.1) is 16.9 Å². The van der Waals surface area contributed by atoms with Crippen molar-refractivity contribution in [2.75, 3.05) is 0 Å². The molecule has 1 aliphatic rings. The molecule has 0 amide bonds. The van der Waals surface area contributed by atoms with E-state index in [4.69, 9.17) is 9.31 Å². The molecule has 1 aromatic heterocycles. The standard InChI is InChI=1S/C27H31BFNO2/c1-25(2,3)21-14-20(15-22(17-21)28-31-26(4,5)27(6,7)32-28)24-16-19(12-13-30-24)18-8-10-23(29)11-9-18/h8-17H,1-7H3. The van der Waals surface area contributed by atoms with Crippen LogP contribution in [0.5, 0.6) is 0 Å². The van der Waals surface area contributed by atoms with Crippen molar-refractivity contribution in [2.45, 2.75) is 65.1 Å². The normalized spacial score (nSPS) is 17.6. The van der Waals surface area contributed by atoms with Gasteiger partial charge in [0.25, 0.3) is 0 Å². The van der Waals surface area contributed by atoms with Crippen LogP contribution >= 0.6 is 0 Å². The van der Waals surface area contributed by atoms with E-state index in [2.05, 4.69) is 71.6 Å². The minimum absolute atomic E-state index is 0.0526. The van der Waals surface area contributed by atoms with Crippen LogP contribution < -0.4 is 5.46 Å². The number of hydrogen-bond donors (Lipinski definition) is 0. The summed E-state index contributed by atoms with van der Waals surface area (Å²) in [5, 5.41) is 0. The van der Waals surface area contributed by atoms with Crippen molar-refractivity contribution in [1.82, 2.24) is 4.98 Å². The smallest absolute Gasteiger partial charge is 0.399 e. The lowest BCUT2D eigenvalue weighted by molar-refractivity contribution is 0.00578. The molecule has 3 nitrogen and oxygen atoms in total. The number of benzene rings is 2.